The summed E-state index contributed by atoms with van der Waals surface area (Å²) in [6.07, 6.45) is 4.83. The molecule has 6 rings (SSSR count). The fourth-order valence-corrected chi connectivity index (χ4v) is 7.17. The number of amides is 1. The Morgan fingerprint density at radius 3 is 2.51 bits per heavy atom. The molecule has 0 aliphatic carbocycles. The van der Waals surface area contributed by atoms with Gasteiger partial charge in [-0.15, -0.1) is 11.3 Å². The van der Waals surface area contributed by atoms with Crippen LogP contribution in [0.3, 0.4) is 0 Å². The first-order chi connectivity index (χ1) is 18.6. The number of likely N-dealkylation sites (N-methyl/N-ethyl adjacent to an activating group) is 1. The van der Waals surface area contributed by atoms with Gasteiger partial charge in [0.15, 0.2) is 11.2 Å². The van der Waals surface area contributed by atoms with Gasteiger partial charge in [-0.05, 0) is 37.6 Å². The molecule has 39 heavy (non-hydrogen) atoms. The molecule has 3 aromatic heterocycles. The van der Waals surface area contributed by atoms with E-state index in [4.69, 9.17) is 4.98 Å². The number of likely N-dealkylation sites (tertiary alicyclic amines) is 1. The highest BCUT2D eigenvalue weighted by Gasteiger charge is 2.45. The van der Waals surface area contributed by atoms with Crippen molar-refractivity contribution in [2.45, 2.75) is 30.8 Å². The molecule has 0 radical (unpaired) electrons. The number of aliphatic hydroxyl groups is 1. The van der Waals surface area contributed by atoms with Crippen molar-refractivity contribution >= 4 is 38.4 Å². The molecule has 1 fully saturated rings. The normalized spacial score (nSPS) is 17.8. The lowest BCUT2D eigenvalue weighted by Crippen LogP contribution is -2.36. The number of thiazole rings is 1. The standard InChI is InChI=1S/C28H25N5O4S2/c1-17-7-9-21(10-8-17)39(36,37)33-16-22(24-25(33)30-13-12-29-24)26-31-23(18(2)38-26)19-5-4-6-20(15-19)28(35)11-14-32(3)27(28)34/h4-10,12-13,15-16,35H,11,14H2,1-3H3/t28-/m1/s1. The molecule has 1 atom stereocenters. The second kappa shape index (κ2) is 9.08. The van der Waals surface area contributed by atoms with Crippen LogP contribution < -0.4 is 0 Å². The first-order valence-corrected chi connectivity index (χ1v) is 14.6. The van der Waals surface area contributed by atoms with E-state index < -0.39 is 15.6 Å². The summed E-state index contributed by atoms with van der Waals surface area (Å²) in [6.45, 7) is 4.31. The predicted molar refractivity (Wildman–Crippen MR) is 149 cm³/mol. The van der Waals surface area contributed by atoms with Crippen molar-refractivity contribution < 1.29 is 18.3 Å². The Kier molecular flexibility index (Phi) is 5.90. The molecule has 0 spiro atoms. The third kappa shape index (κ3) is 4.05. The number of carbonyl (C=O) groups excluding carboxylic acids is 1. The molecule has 1 N–H and O–H groups in total. The third-order valence-corrected chi connectivity index (χ3v) is 9.79. The maximum Gasteiger partial charge on any atom is 0.269 e. The van der Waals surface area contributed by atoms with Gasteiger partial charge in [-0.25, -0.2) is 22.4 Å². The van der Waals surface area contributed by atoms with E-state index in [0.717, 1.165) is 20.0 Å². The van der Waals surface area contributed by atoms with Crippen molar-refractivity contribution in [3.8, 4) is 21.8 Å². The predicted octanol–water partition coefficient (Wildman–Crippen LogP) is 4.13. The van der Waals surface area contributed by atoms with Crippen LogP contribution in [0.25, 0.3) is 33.0 Å². The molecule has 9 nitrogen and oxygen atoms in total. The van der Waals surface area contributed by atoms with Gasteiger partial charge in [0.2, 0.25) is 0 Å². The van der Waals surface area contributed by atoms with Crippen LogP contribution >= 0.6 is 11.3 Å². The van der Waals surface area contributed by atoms with Gasteiger partial charge in [-0.3, -0.25) is 9.78 Å². The Balaban J connectivity index is 1.45. The second-order valence-electron chi connectivity index (χ2n) is 9.73. The number of fused-ring (bicyclic) bond motifs is 1. The molecule has 1 amide bonds. The summed E-state index contributed by atoms with van der Waals surface area (Å²) in [6, 6.07) is 13.9. The Hall–Kier alpha value is -3.93. The molecule has 4 heterocycles. The van der Waals surface area contributed by atoms with E-state index in [1.54, 1.807) is 49.5 Å². The van der Waals surface area contributed by atoms with Crippen LogP contribution in [0.5, 0.6) is 0 Å². The summed E-state index contributed by atoms with van der Waals surface area (Å²) < 4.78 is 28.3. The van der Waals surface area contributed by atoms with E-state index in [2.05, 4.69) is 9.97 Å². The van der Waals surface area contributed by atoms with Crippen LogP contribution in [-0.2, 0) is 20.4 Å². The first-order valence-electron chi connectivity index (χ1n) is 12.3. The summed E-state index contributed by atoms with van der Waals surface area (Å²) in [5.74, 6) is -0.323. The number of benzene rings is 2. The third-order valence-electron chi connectivity index (χ3n) is 7.12. The quantitative estimate of drug-likeness (QED) is 0.344. The zero-order valence-corrected chi connectivity index (χ0v) is 23.1. The molecule has 2 aromatic carbocycles. The molecule has 0 bridgehead atoms. The summed E-state index contributed by atoms with van der Waals surface area (Å²) in [5, 5.41) is 11.7. The maximum atomic E-state index is 13.6. The highest BCUT2D eigenvalue weighted by molar-refractivity contribution is 7.90. The number of carbonyl (C=O) groups is 1. The molecule has 0 unspecified atom stereocenters. The Bertz CT molecular complexity index is 1860. The van der Waals surface area contributed by atoms with Crippen LogP contribution in [0.4, 0.5) is 0 Å². The van der Waals surface area contributed by atoms with Crippen LogP contribution in [0.15, 0.2) is 72.0 Å². The van der Waals surface area contributed by atoms with Gasteiger partial charge in [-0.2, -0.15) is 0 Å². The molecular weight excluding hydrogens is 534 g/mol. The largest absolute Gasteiger partial charge is 0.375 e. The lowest BCUT2D eigenvalue weighted by molar-refractivity contribution is -0.143. The fourth-order valence-electron chi connectivity index (χ4n) is 4.91. The molecule has 11 heteroatoms. The van der Waals surface area contributed by atoms with E-state index in [0.29, 0.717) is 40.3 Å². The topological polar surface area (TPSA) is 118 Å². The zero-order chi connectivity index (χ0) is 27.5. The van der Waals surface area contributed by atoms with Gasteiger partial charge in [0.05, 0.1) is 16.2 Å². The monoisotopic (exact) mass is 559 g/mol. The van der Waals surface area contributed by atoms with Gasteiger partial charge in [0, 0.05) is 49.0 Å². The number of aromatic nitrogens is 4. The smallest absolute Gasteiger partial charge is 0.269 e. The zero-order valence-electron chi connectivity index (χ0n) is 21.5. The molecule has 0 saturated carbocycles. The highest BCUT2D eigenvalue weighted by atomic mass is 32.2. The lowest BCUT2D eigenvalue weighted by atomic mass is 9.90. The average Bonchev–Trinajstić information content (AvgIpc) is 3.59. The molecule has 1 saturated heterocycles. The lowest BCUT2D eigenvalue weighted by Gasteiger charge is -2.21. The summed E-state index contributed by atoms with van der Waals surface area (Å²) >= 11 is 1.41. The van der Waals surface area contributed by atoms with Gasteiger partial charge < -0.3 is 10.0 Å². The Morgan fingerprint density at radius 2 is 1.79 bits per heavy atom. The van der Waals surface area contributed by atoms with Gasteiger partial charge >= 0.3 is 0 Å². The van der Waals surface area contributed by atoms with Crippen molar-refractivity contribution in [2.75, 3.05) is 13.6 Å². The Morgan fingerprint density at radius 1 is 1.05 bits per heavy atom. The van der Waals surface area contributed by atoms with Crippen LogP contribution in [-0.4, -0.2) is 56.8 Å². The van der Waals surface area contributed by atoms with Crippen molar-refractivity contribution in [3.05, 3.63) is 83.1 Å². The number of hydrogen-bond acceptors (Lipinski definition) is 8. The van der Waals surface area contributed by atoms with Crippen molar-refractivity contribution in [3.63, 3.8) is 0 Å². The van der Waals surface area contributed by atoms with Gasteiger partial charge in [0.1, 0.15) is 10.5 Å². The van der Waals surface area contributed by atoms with E-state index in [1.165, 1.54) is 34.8 Å². The van der Waals surface area contributed by atoms with Crippen LogP contribution in [0, 0.1) is 13.8 Å². The van der Waals surface area contributed by atoms with E-state index in [1.807, 2.05) is 19.9 Å². The Labute approximate surface area is 229 Å². The fraction of sp³-hybridized carbons (Fsp3) is 0.214. The number of aryl methyl sites for hydroxylation is 2. The second-order valence-corrected chi connectivity index (χ2v) is 12.7. The van der Waals surface area contributed by atoms with E-state index in [9.17, 15) is 18.3 Å². The van der Waals surface area contributed by atoms with E-state index >= 15 is 0 Å². The van der Waals surface area contributed by atoms with E-state index in [-0.39, 0.29) is 16.4 Å². The van der Waals surface area contributed by atoms with Gasteiger partial charge in [-0.1, -0.05) is 35.9 Å². The first kappa shape index (κ1) is 25.4. The molecule has 198 valence electrons. The van der Waals surface area contributed by atoms with Crippen LogP contribution in [0.2, 0.25) is 0 Å². The SMILES string of the molecule is Cc1ccc(S(=O)(=O)n2cc(-c3nc(-c4cccc([C@]5(O)CCN(C)C5=O)c4)c(C)s3)c3nccnc32)cc1. The average molecular weight is 560 g/mol. The molecule has 5 aromatic rings. The minimum Gasteiger partial charge on any atom is -0.375 e. The summed E-state index contributed by atoms with van der Waals surface area (Å²) in [5.41, 5.74) is 2.55. The minimum atomic E-state index is -3.93. The number of nitrogens with zero attached hydrogens (tertiary/aromatic N) is 5. The summed E-state index contributed by atoms with van der Waals surface area (Å²) in [7, 11) is -2.25. The van der Waals surface area contributed by atoms with Crippen molar-refractivity contribution in [2.24, 2.45) is 0 Å². The molecule has 1 aliphatic rings. The molecular formula is C28H25N5O4S2. The number of rotatable bonds is 5. The molecule has 1 aliphatic heterocycles. The maximum absolute atomic E-state index is 13.6. The highest BCUT2D eigenvalue weighted by Crippen LogP contribution is 2.39. The summed E-state index contributed by atoms with van der Waals surface area (Å²) in [4.78, 5) is 28.9. The van der Waals surface area contributed by atoms with Gasteiger partial charge in [0.25, 0.3) is 15.9 Å². The minimum absolute atomic E-state index is 0.153. The van der Waals surface area contributed by atoms with Crippen molar-refractivity contribution in [1.82, 2.24) is 23.8 Å². The van der Waals surface area contributed by atoms with Crippen LogP contribution in [0.1, 0.15) is 22.4 Å². The number of hydrogen-bond donors (Lipinski definition) is 1. The van der Waals surface area contributed by atoms with Crippen molar-refractivity contribution in [1.29, 1.82) is 0 Å².